The fraction of sp³-hybridized carbons (Fsp3) is 0.818. The van der Waals surface area contributed by atoms with Crippen molar-refractivity contribution in [3.63, 3.8) is 0 Å². The highest BCUT2D eigenvalue weighted by Crippen LogP contribution is 2.34. The third-order valence-corrected chi connectivity index (χ3v) is 6.89. The van der Waals surface area contributed by atoms with Crippen LogP contribution in [-0.2, 0) is 23.9 Å². The molecule has 0 aromatic heterocycles. The molecular weight excluding hydrogens is 471 g/mol. The first kappa shape index (κ1) is 27.7. The van der Waals surface area contributed by atoms with Crippen LogP contribution in [0, 0.1) is 11.8 Å². The zero-order valence-electron chi connectivity index (χ0n) is 19.3. The summed E-state index contributed by atoms with van der Waals surface area (Å²) in [6.07, 6.45) is 3.54. The summed E-state index contributed by atoms with van der Waals surface area (Å²) in [5, 5.41) is 8.09. The van der Waals surface area contributed by atoms with Crippen molar-refractivity contribution in [1.29, 1.82) is 0 Å². The van der Waals surface area contributed by atoms with Crippen LogP contribution in [-0.4, -0.2) is 65.7 Å². The lowest BCUT2D eigenvalue weighted by Crippen LogP contribution is -2.51. The van der Waals surface area contributed by atoms with E-state index < -0.39 is 17.9 Å². The van der Waals surface area contributed by atoms with Crippen LogP contribution >= 0.6 is 23.2 Å². The summed E-state index contributed by atoms with van der Waals surface area (Å²) in [5.41, 5.74) is 6.05. The van der Waals surface area contributed by atoms with E-state index in [1.54, 1.807) is 6.92 Å². The number of carbonyl (C=O) groups is 4. The van der Waals surface area contributed by atoms with Gasteiger partial charge in [0.2, 0.25) is 17.7 Å². The van der Waals surface area contributed by atoms with Crippen LogP contribution in [0.5, 0.6) is 0 Å². The van der Waals surface area contributed by atoms with Gasteiger partial charge in [0.05, 0.1) is 19.6 Å². The Labute approximate surface area is 205 Å². The monoisotopic (exact) mass is 506 g/mol. The number of ether oxygens (including phenoxy) is 1. The maximum Gasteiger partial charge on any atom is 0.307 e. The molecule has 0 aromatic rings. The van der Waals surface area contributed by atoms with Gasteiger partial charge in [-0.15, -0.1) is 23.2 Å². The molecule has 9 nitrogen and oxygen atoms in total. The molecule has 0 bridgehead atoms. The fourth-order valence-corrected chi connectivity index (χ4v) is 5.82. The number of hydrogen-bond donors (Lipinski definition) is 4. The number of carbonyl (C=O) groups excluding carboxylic acids is 4. The molecule has 2 fully saturated rings. The number of nitrogens with one attached hydrogen (secondary N) is 3. The first-order valence-corrected chi connectivity index (χ1v) is 12.5. The predicted octanol–water partition coefficient (Wildman–Crippen LogP) is 1.19. The van der Waals surface area contributed by atoms with E-state index in [1.165, 1.54) is 6.92 Å². The van der Waals surface area contributed by atoms with E-state index >= 15 is 0 Å². The number of amides is 3. The lowest BCUT2D eigenvalue weighted by molar-refractivity contribution is -0.144. The first-order valence-electron chi connectivity index (χ1n) is 11.6. The molecule has 2 rings (SSSR count). The van der Waals surface area contributed by atoms with Gasteiger partial charge in [-0.25, -0.2) is 0 Å². The topological polar surface area (TPSA) is 140 Å². The third-order valence-electron chi connectivity index (χ3n) is 6.18. The first-order chi connectivity index (χ1) is 15.6. The van der Waals surface area contributed by atoms with Crippen molar-refractivity contribution < 1.29 is 23.9 Å². The Morgan fingerprint density at radius 1 is 1.03 bits per heavy atom. The second-order valence-corrected chi connectivity index (χ2v) is 10.4. The summed E-state index contributed by atoms with van der Waals surface area (Å²) in [6, 6.07) is -0.848. The lowest BCUT2D eigenvalue weighted by atomic mass is 9.82. The molecule has 6 unspecified atom stereocenters. The van der Waals surface area contributed by atoms with Gasteiger partial charge in [-0.1, -0.05) is 0 Å². The minimum Gasteiger partial charge on any atom is -0.466 e. The molecule has 188 valence electrons. The van der Waals surface area contributed by atoms with Crippen molar-refractivity contribution >= 4 is 46.9 Å². The number of rotatable bonds is 9. The molecule has 0 spiro atoms. The van der Waals surface area contributed by atoms with Crippen molar-refractivity contribution in [2.45, 2.75) is 87.7 Å². The Balaban J connectivity index is 1.92. The average Bonchev–Trinajstić information content (AvgIpc) is 2.70. The van der Waals surface area contributed by atoms with Gasteiger partial charge in [0.15, 0.2) is 0 Å². The van der Waals surface area contributed by atoms with Crippen molar-refractivity contribution in [3.8, 4) is 0 Å². The van der Waals surface area contributed by atoms with Gasteiger partial charge in [-0.05, 0) is 51.4 Å². The van der Waals surface area contributed by atoms with E-state index in [9.17, 15) is 19.2 Å². The highest BCUT2D eigenvalue weighted by molar-refractivity contribution is 6.23. The largest absolute Gasteiger partial charge is 0.466 e. The molecule has 0 saturated heterocycles. The van der Waals surface area contributed by atoms with Gasteiger partial charge >= 0.3 is 5.97 Å². The van der Waals surface area contributed by atoms with Gasteiger partial charge in [-0.2, -0.15) is 0 Å². The Morgan fingerprint density at radius 2 is 1.70 bits per heavy atom. The summed E-state index contributed by atoms with van der Waals surface area (Å²) < 4.78 is 5.06. The summed E-state index contributed by atoms with van der Waals surface area (Å²) in [4.78, 5) is 48.7. The summed E-state index contributed by atoms with van der Waals surface area (Å²) in [5.74, 6) is -1.71. The smallest absolute Gasteiger partial charge is 0.307 e. The van der Waals surface area contributed by atoms with Crippen molar-refractivity contribution in [2.75, 3.05) is 13.2 Å². The molecule has 11 heteroatoms. The van der Waals surface area contributed by atoms with Gasteiger partial charge in [0, 0.05) is 41.7 Å². The molecule has 6 atom stereocenters. The molecule has 2 aliphatic carbocycles. The lowest BCUT2D eigenvalue weighted by Gasteiger charge is -2.35. The Hall–Kier alpha value is -1.58. The summed E-state index contributed by atoms with van der Waals surface area (Å²) in [6.45, 7) is 3.17. The average molecular weight is 507 g/mol. The molecule has 2 aliphatic rings. The van der Waals surface area contributed by atoms with E-state index in [1.807, 2.05) is 0 Å². The van der Waals surface area contributed by atoms with Crippen molar-refractivity contribution in [1.82, 2.24) is 16.0 Å². The van der Waals surface area contributed by atoms with E-state index in [2.05, 4.69) is 16.0 Å². The minimum atomic E-state index is -0.483. The maximum atomic E-state index is 12.6. The molecule has 2 saturated carbocycles. The molecule has 0 aliphatic heterocycles. The second kappa shape index (κ2) is 13.3. The van der Waals surface area contributed by atoms with Gasteiger partial charge < -0.3 is 26.4 Å². The van der Waals surface area contributed by atoms with Crippen LogP contribution in [0.2, 0.25) is 0 Å². The second-order valence-electron chi connectivity index (χ2n) is 9.12. The summed E-state index contributed by atoms with van der Waals surface area (Å²) >= 11 is 12.6. The zero-order valence-corrected chi connectivity index (χ0v) is 20.8. The number of alkyl halides is 2. The van der Waals surface area contributed by atoms with Crippen LogP contribution < -0.4 is 21.7 Å². The van der Waals surface area contributed by atoms with E-state index in [0.29, 0.717) is 38.5 Å². The molecular formula is C22H36Cl2N4O5. The molecule has 3 amide bonds. The SMILES string of the molecule is CCOC(=O)CC(NC(=O)CNC(=O)C1CC(N)CC(NC(C)=O)C1)C1CC(Cl)CC(Cl)C1. The molecule has 33 heavy (non-hydrogen) atoms. The van der Waals surface area contributed by atoms with E-state index in [0.717, 1.165) is 0 Å². The van der Waals surface area contributed by atoms with Gasteiger partial charge in [-0.3, -0.25) is 19.2 Å². The van der Waals surface area contributed by atoms with Crippen LogP contribution in [0.3, 0.4) is 0 Å². The van der Waals surface area contributed by atoms with Crippen LogP contribution in [0.4, 0.5) is 0 Å². The highest BCUT2D eigenvalue weighted by Gasteiger charge is 2.35. The Morgan fingerprint density at radius 3 is 2.30 bits per heavy atom. The van der Waals surface area contributed by atoms with Crippen molar-refractivity contribution in [2.24, 2.45) is 17.6 Å². The predicted molar refractivity (Wildman–Crippen MR) is 126 cm³/mol. The molecule has 0 heterocycles. The van der Waals surface area contributed by atoms with Crippen LogP contribution in [0.15, 0.2) is 0 Å². The van der Waals surface area contributed by atoms with Crippen molar-refractivity contribution in [3.05, 3.63) is 0 Å². The fourth-order valence-electron chi connectivity index (χ4n) is 4.84. The van der Waals surface area contributed by atoms with Gasteiger partial charge in [0.1, 0.15) is 0 Å². The third kappa shape index (κ3) is 9.66. The Kier molecular flexibility index (Phi) is 11.2. The molecule has 5 N–H and O–H groups in total. The number of hydrogen-bond acceptors (Lipinski definition) is 6. The quantitative estimate of drug-likeness (QED) is 0.273. The standard InChI is InChI=1S/C22H36Cl2N4O5/c1-3-33-21(31)10-19(13-4-15(23)8-16(24)5-13)28-20(30)11-26-22(32)14-6-17(25)9-18(7-14)27-12(2)29/h13-19H,3-11,25H2,1-2H3,(H,26,32)(H,27,29)(H,28,30). The normalized spacial score (nSPS) is 30.6. The van der Waals surface area contributed by atoms with Gasteiger partial charge in [0.25, 0.3) is 0 Å². The number of halogens is 2. The van der Waals surface area contributed by atoms with E-state index in [-0.39, 0.29) is 66.1 Å². The minimum absolute atomic E-state index is 0.0152. The van der Waals surface area contributed by atoms with E-state index in [4.69, 9.17) is 33.7 Å². The van der Waals surface area contributed by atoms with Crippen LogP contribution in [0.1, 0.15) is 58.8 Å². The Bertz CT molecular complexity index is 700. The number of esters is 1. The zero-order chi connectivity index (χ0) is 24.5. The highest BCUT2D eigenvalue weighted by atomic mass is 35.5. The maximum absolute atomic E-state index is 12.6. The summed E-state index contributed by atoms with van der Waals surface area (Å²) in [7, 11) is 0. The molecule has 0 aromatic carbocycles. The molecule has 0 radical (unpaired) electrons. The number of nitrogens with two attached hydrogens (primary N) is 1. The van der Waals surface area contributed by atoms with Crippen LogP contribution in [0.25, 0.3) is 0 Å².